The zero-order valence-electron chi connectivity index (χ0n) is 17.1. The second kappa shape index (κ2) is 8.31. The average Bonchev–Trinajstić information content (AvgIpc) is 3.09. The number of piperidine rings is 1. The Morgan fingerprint density at radius 2 is 1.86 bits per heavy atom. The second-order valence-electron chi connectivity index (χ2n) is 8.33. The van der Waals surface area contributed by atoms with Gasteiger partial charge in [0.25, 0.3) is 0 Å². The van der Waals surface area contributed by atoms with Gasteiger partial charge in [0.2, 0.25) is 0 Å². The molecule has 3 rings (SSSR count). The largest absolute Gasteiger partial charge is 0.444 e. The van der Waals surface area contributed by atoms with Crippen LogP contribution in [0.25, 0.3) is 11.3 Å². The van der Waals surface area contributed by atoms with Gasteiger partial charge < -0.3 is 9.64 Å². The van der Waals surface area contributed by atoms with Gasteiger partial charge >= 0.3 is 6.09 Å². The van der Waals surface area contributed by atoms with Crippen LogP contribution < -0.4 is 0 Å². The summed E-state index contributed by atoms with van der Waals surface area (Å²) in [6.07, 6.45) is 3.49. The maximum atomic E-state index is 13.1. The summed E-state index contributed by atoms with van der Waals surface area (Å²) >= 11 is 0. The minimum absolute atomic E-state index is 0.193. The van der Waals surface area contributed by atoms with Crippen molar-refractivity contribution in [3.63, 3.8) is 0 Å². The molecule has 1 aromatic carbocycles. The van der Waals surface area contributed by atoms with Crippen LogP contribution in [0.1, 0.15) is 33.6 Å². The normalized spacial score (nSPS) is 16.2. The van der Waals surface area contributed by atoms with Crippen LogP contribution in [0, 0.1) is 5.82 Å². The van der Waals surface area contributed by atoms with Crippen molar-refractivity contribution in [2.75, 3.05) is 20.1 Å². The number of rotatable bonds is 4. The zero-order valence-corrected chi connectivity index (χ0v) is 17.1. The molecule has 0 aliphatic carbocycles. The molecule has 7 heteroatoms. The topological polar surface area (TPSA) is 50.6 Å². The van der Waals surface area contributed by atoms with Crippen molar-refractivity contribution < 1.29 is 13.9 Å². The lowest BCUT2D eigenvalue weighted by Crippen LogP contribution is -2.47. The molecule has 1 aliphatic heterocycles. The van der Waals surface area contributed by atoms with Gasteiger partial charge in [-0.25, -0.2) is 9.18 Å². The van der Waals surface area contributed by atoms with Gasteiger partial charge in [-0.15, -0.1) is 0 Å². The fourth-order valence-corrected chi connectivity index (χ4v) is 3.35. The number of carbonyl (C=O) groups excluding carboxylic acids is 1. The van der Waals surface area contributed by atoms with E-state index in [2.05, 4.69) is 10.00 Å². The molecule has 0 radical (unpaired) electrons. The van der Waals surface area contributed by atoms with Crippen molar-refractivity contribution in [3.8, 4) is 11.3 Å². The summed E-state index contributed by atoms with van der Waals surface area (Å²) in [7, 11) is 1.82. The lowest BCUT2D eigenvalue weighted by atomic mass is 10.0. The highest BCUT2D eigenvalue weighted by molar-refractivity contribution is 5.68. The molecule has 1 fully saturated rings. The summed E-state index contributed by atoms with van der Waals surface area (Å²) < 4.78 is 20.4. The number of nitrogens with zero attached hydrogens (tertiary/aromatic N) is 4. The van der Waals surface area contributed by atoms with E-state index >= 15 is 0 Å². The highest BCUT2D eigenvalue weighted by atomic mass is 19.1. The summed E-state index contributed by atoms with van der Waals surface area (Å²) in [6.45, 7) is 8.13. The van der Waals surface area contributed by atoms with Crippen LogP contribution in [0.3, 0.4) is 0 Å². The standard InChI is InChI=1S/C21H29FN4O2/c1-21(2,3)28-20(27)24(4)18-9-12-25(13-10-18)15-26-14-11-19(23-26)16-5-7-17(22)8-6-16/h5-8,11,14,18H,9-10,12-13,15H2,1-4H3. The monoisotopic (exact) mass is 388 g/mol. The Bertz CT molecular complexity index is 789. The summed E-state index contributed by atoms with van der Waals surface area (Å²) in [6, 6.07) is 8.50. The molecule has 0 N–H and O–H groups in total. The Kier molecular flexibility index (Phi) is 6.03. The van der Waals surface area contributed by atoms with Gasteiger partial charge in [-0.1, -0.05) is 0 Å². The van der Waals surface area contributed by atoms with Gasteiger partial charge in [-0.3, -0.25) is 9.58 Å². The molecular formula is C21H29FN4O2. The molecule has 2 aromatic rings. The van der Waals surface area contributed by atoms with Crippen LogP contribution in [-0.2, 0) is 11.4 Å². The number of halogens is 1. The SMILES string of the molecule is CN(C(=O)OC(C)(C)C)C1CCN(Cn2ccc(-c3ccc(F)cc3)n2)CC1. The quantitative estimate of drug-likeness (QED) is 0.795. The van der Waals surface area contributed by atoms with Crippen LogP contribution in [-0.4, -0.2) is 57.5 Å². The molecule has 0 bridgehead atoms. The molecule has 0 unspecified atom stereocenters. The van der Waals surface area contributed by atoms with Crippen molar-refractivity contribution in [2.45, 2.75) is 51.9 Å². The van der Waals surface area contributed by atoms with Crippen molar-refractivity contribution in [1.29, 1.82) is 0 Å². The van der Waals surface area contributed by atoms with Crippen molar-refractivity contribution in [1.82, 2.24) is 19.6 Å². The van der Waals surface area contributed by atoms with Gasteiger partial charge in [0.05, 0.1) is 12.4 Å². The average molecular weight is 388 g/mol. The van der Waals surface area contributed by atoms with Gasteiger partial charge in [-0.05, 0) is 63.9 Å². The van der Waals surface area contributed by atoms with Crippen LogP contribution in [0.2, 0.25) is 0 Å². The molecule has 1 amide bonds. The van der Waals surface area contributed by atoms with Gasteiger partial charge in [0, 0.05) is 37.9 Å². The minimum atomic E-state index is -0.478. The Hall–Kier alpha value is -2.41. The fourth-order valence-electron chi connectivity index (χ4n) is 3.35. The van der Waals surface area contributed by atoms with Gasteiger partial charge in [-0.2, -0.15) is 5.10 Å². The molecule has 6 nitrogen and oxygen atoms in total. The van der Waals surface area contributed by atoms with E-state index < -0.39 is 5.60 Å². The molecule has 1 aromatic heterocycles. The van der Waals surface area contributed by atoms with E-state index in [-0.39, 0.29) is 18.0 Å². The Morgan fingerprint density at radius 1 is 1.21 bits per heavy atom. The van der Waals surface area contributed by atoms with Gasteiger partial charge in [0.1, 0.15) is 11.4 Å². The molecule has 1 saturated heterocycles. The summed E-state index contributed by atoms with van der Waals surface area (Å²) in [5, 5.41) is 4.59. The van der Waals surface area contributed by atoms with Crippen molar-refractivity contribution >= 4 is 6.09 Å². The first-order valence-electron chi connectivity index (χ1n) is 9.69. The van der Waals surface area contributed by atoms with Crippen LogP contribution in [0.5, 0.6) is 0 Å². The lowest BCUT2D eigenvalue weighted by molar-refractivity contribution is 0.0135. The molecular weight excluding hydrogens is 359 g/mol. The third-order valence-corrected chi connectivity index (χ3v) is 4.91. The smallest absolute Gasteiger partial charge is 0.410 e. The number of hydrogen-bond acceptors (Lipinski definition) is 4. The minimum Gasteiger partial charge on any atom is -0.444 e. The Labute approximate surface area is 165 Å². The zero-order chi connectivity index (χ0) is 20.3. The lowest BCUT2D eigenvalue weighted by Gasteiger charge is -2.37. The van der Waals surface area contributed by atoms with Crippen molar-refractivity contribution in [2.24, 2.45) is 0 Å². The van der Waals surface area contributed by atoms with E-state index in [4.69, 9.17) is 4.74 Å². The van der Waals surface area contributed by atoms with E-state index in [1.54, 1.807) is 17.0 Å². The fraction of sp³-hybridized carbons (Fsp3) is 0.524. The molecule has 152 valence electrons. The number of ether oxygens (including phenoxy) is 1. The third-order valence-electron chi connectivity index (χ3n) is 4.91. The number of benzene rings is 1. The highest BCUT2D eigenvalue weighted by Crippen LogP contribution is 2.20. The van der Waals surface area contributed by atoms with Crippen LogP contribution in [0.15, 0.2) is 36.5 Å². The molecule has 1 aliphatic rings. The first kappa shape index (κ1) is 20.3. The molecule has 28 heavy (non-hydrogen) atoms. The third kappa shape index (κ3) is 5.32. The number of aromatic nitrogens is 2. The van der Waals surface area contributed by atoms with E-state index in [0.717, 1.165) is 37.2 Å². The van der Waals surface area contributed by atoms with Crippen molar-refractivity contribution in [3.05, 3.63) is 42.3 Å². The van der Waals surface area contributed by atoms with E-state index in [0.29, 0.717) is 6.67 Å². The first-order valence-corrected chi connectivity index (χ1v) is 9.69. The predicted octanol–water partition coefficient (Wildman–Crippen LogP) is 3.98. The number of carbonyl (C=O) groups is 1. The van der Waals surface area contributed by atoms with Crippen LogP contribution >= 0.6 is 0 Å². The van der Waals surface area contributed by atoms with E-state index in [1.807, 2.05) is 44.8 Å². The maximum absolute atomic E-state index is 13.1. The van der Waals surface area contributed by atoms with E-state index in [9.17, 15) is 9.18 Å². The molecule has 0 atom stereocenters. The summed E-state index contributed by atoms with van der Waals surface area (Å²) in [4.78, 5) is 16.3. The second-order valence-corrected chi connectivity index (χ2v) is 8.33. The number of hydrogen-bond donors (Lipinski definition) is 0. The molecule has 0 saturated carbocycles. The first-order chi connectivity index (χ1) is 13.2. The van der Waals surface area contributed by atoms with Crippen LogP contribution in [0.4, 0.5) is 9.18 Å². The van der Waals surface area contributed by atoms with Gasteiger partial charge in [0.15, 0.2) is 0 Å². The molecule has 0 spiro atoms. The maximum Gasteiger partial charge on any atom is 0.410 e. The Balaban J connectivity index is 1.51. The number of likely N-dealkylation sites (tertiary alicyclic amines) is 1. The predicted molar refractivity (Wildman–Crippen MR) is 106 cm³/mol. The molecule has 2 heterocycles. The summed E-state index contributed by atoms with van der Waals surface area (Å²) in [5.41, 5.74) is 1.26. The highest BCUT2D eigenvalue weighted by Gasteiger charge is 2.28. The van der Waals surface area contributed by atoms with E-state index in [1.165, 1.54) is 12.1 Å². The number of amides is 1. The Morgan fingerprint density at radius 3 is 2.46 bits per heavy atom. The summed E-state index contributed by atoms with van der Waals surface area (Å²) in [5.74, 6) is -0.248.